The van der Waals surface area contributed by atoms with Crippen LogP contribution in [0.15, 0.2) is 12.7 Å². The molecule has 0 saturated heterocycles. The van der Waals surface area contributed by atoms with Gasteiger partial charge in [-0.25, -0.2) is 4.79 Å². The van der Waals surface area contributed by atoms with E-state index in [0.29, 0.717) is 0 Å². The zero-order valence-electron chi connectivity index (χ0n) is 6.60. The summed E-state index contributed by atoms with van der Waals surface area (Å²) in [6.45, 7) is 3.18. The van der Waals surface area contributed by atoms with Crippen LogP contribution in [0.3, 0.4) is 0 Å². The molecule has 0 bridgehead atoms. The van der Waals surface area contributed by atoms with E-state index in [0.717, 1.165) is 6.08 Å². The van der Waals surface area contributed by atoms with Crippen LogP contribution >= 0.6 is 0 Å². The van der Waals surface area contributed by atoms with Gasteiger partial charge < -0.3 is 14.9 Å². The van der Waals surface area contributed by atoms with Crippen LogP contribution in [0.4, 0.5) is 4.79 Å². The number of aliphatic carboxylic acids is 1. The van der Waals surface area contributed by atoms with Gasteiger partial charge in [0.2, 0.25) is 0 Å². The Hall–Kier alpha value is -1.85. The lowest BCUT2D eigenvalue weighted by Crippen LogP contribution is -2.19. The predicted octanol–water partition coefficient (Wildman–Crippen LogP) is 0.484. The number of hydrogen-bond acceptors (Lipinski definition) is 4. The summed E-state index contributed by atoms with van der Waals surface area (Å²) in [5.41, 5.74) is 0. The van der Waals surface area contributed by atoms with Gasteiger partial charge in [0.25, 0.3) is 0 Å². The van der Waals surface area contributed by atoms with E-state index in [4.69, 9.17) is 10.2 Å². The Bertz CT molecular complexity index is 243. The van der Waals surface area contributed by atoms with Gasteiger partial charge in [0, 0.05) is 0 Å². The normalized spacial score (nSPS) is 11.4. The molecule has 0 aliphatic heterocycles. The third-order valence-corrected chi connectivity index (χ3v) is 1.19. The second-order valence-corrected chi connectivity index (χ2v) is 2.12. The van der Waals surface area contributed by atoms with Gasteiger partial charge in [-0.1, -0.05) is 6.08 Å². The molecule has 0 spiro atoms. The molecule has 2 N–H and O–H groups in total. The van der Waals surface area contributed by atoms with Crippen molar-refractivity contribution in [2.24, 2.45) is 5.92 Å². The Labute approximate surface area is 73.4 Å². The molecule has 0 amide bonds. The molecule has 0 aliphatic rings. The number of hydrogen-bond donors (Lipinski definition) is 2. The summed E-state index contributed by atoms with van der Waals surface area (Å²) in [6.07, 6.45) is -1.26. The number of ether oxygens (including phenoxy) is 1. The minimum Gasteiger partial charge on any atom is -0.481 e. The lowest BCUT2D eigenvalue weighted by molar-refractivity contribution is -0.147. The predicted molar refractivity (Wildman–Crippen MR) is 40.1 cm³/mol. The molecular weight excluding hydrogens is 180 g/mol. The van der Waals surface area contributed by atoms with Crippen molar-refractivity contribution >= 4 is 18.1 Å². The van der Waals surface area contributed by atoms with Gasteiger partial charge in [-0.2, -0.15) is 0 Å². The summed E-state index contributed by atoms with van der Waals surface area (Å²) in [5.74, 6) is -3.48. The molecule has 0 aromatic heterocycles. The molecule has 0 aromatic rings. The molecule has 0 saturated carbocycles. The van der Waals surface area contributed by atoms with E-state index in [1.807, 2.05) is 0 Å². The van der Waals surface area contributed by atoms with Crippen molar-refractivity contribution in [3.05, 3.63) is 12.7 Å². The summed E-state index contributed by atoms with van der Waals surface area (Å²) in [4.78, 5) is 30.8. The molecule has 13 heavy (non-hydrogen) atoms. The highest BCUT2D eigenvalue weighted by Crippen LogP contribution is 2.05. The first-order valence-electron chi connectivity index (χ1n) is 3.26. The highest BCUT2D eigenvalue weighted by atomic mass is 16.7. The highest BCUT2D eigenvalue weighted by molar-refractivity contribution is 5.85. The number of carbonyl (C=O) groups excluding carboxylic acids is 1. The van der Waals surface area contributed by atoms with Crippen LogP contribution in [-0.4, -0.2) is 28.3 Å². The molecule has 1 unspecified atom stereocenters. The van der Waals surface area contributed by atoms with E-state index in [9.17, 15) is 14.4 Å². The average molecular weight is 188 g/mol. The topological polar surface area (TPSA) is 101 Å². The van der Waals surface area contributed by atoms with Crippen molar-refractivity contribution in [1.82, 2.24) is 0 Å². The number of carboxylic acid groups (broad SMARTS) is 2. The monoisotopic (exact) mass is 188 g/mol. The van der Waals surface area contributed by atoms with Crippen LogP contribution in [0.2, 0.25) is 0 Å². The second-order valence-electron chi connectivity index (χ2n) is 2.12. The third-order valence-electron chi connectivity index (χ3n) is 1.19. The summed E-state index contributed by atoms with van der Waals surface area (Å²) in [6, 6.07) is 0. The standard InChI is InChI=1S/C7H8O6/c1-2-4(6(9)10)3-5(8)13-7(11)12/h2,4H,1,3H2,(H,9,10)(H,11,12). The quantitative estimate of drug-likeness (QED) is 0.378. The van der Waals surface area contributed by atoms with Gasteiger partial charge in [0.05, 0.1) is 12.3 Å². The fourth-order valence-electron chi connectivity index (χ4n) is 0.590. The maximum atomic E-state index is 10.6. The second kappa shape index (κ2) is 4.91. The number of carbonyl (C=O) groups is 3. The van der Waals surface area contributed by atoms with E-state index >= 15 is 0 Å². The van der Waals surface area contributed by atoms with Crippen molar-refractivity contribution < 1.29 is 29.3 Å². The van der Waals surface area contributed by atoms with Crippen LogP contribution in [0, 0.1) is 5.92 Å². The van der Waals surface area contributed by atoms with Gasteiger partial charge in [0.15, 0.2) is 0 Å². The van der Waals surface area contributed by atoms with Crippen molar-refractivity contribution in [2.45, 2.75) is 6.42 Å². The molecule has 1 atom stereocenters. The maximum absolute atomic E-state index is 10.6. The van der Waals surface area contributed by atoms with Crippen LogP contribution in [-0.2, 0) is 14.3 Å². The number of rotatable bonds is 4. The van der Waals surface area contributed by atoms with Crippen molar-refractivity contribution in [3.8, 4) is 0 Å². The highest BCUT2D eigenvalue weighted by Gasteiger charge is 2.20. The molecule has 6 heteroatoms. The zero-order chi connectivity index (χ0) is 10.4. The molecule has 0 rings (SSSR count). The lowest BCUT2D eigenvalue weighted by Gasteiger charge is -2.03. The van der Waals surface area contributed by atoms with E-state index < -0.39 is 30.4 Å². The van der Waals surface area contributed by atoms with Crippen LogP contribution < -0.4 is 0 Å². The lowest BCUT2D eigenvalue weighted by atomic mass is 10.1. The molecule has 0 fully saturated rings. The molecule has 72 valence electrons. The maximum Gasteiger partial charge on any atom is 0.513 e. The van der Waals surface area contributed by atoms with Gasteiger partial charge in [-0.15, -0.1) is 6.58 Å². The fraction of sp³-hybridized carbons (Fsp3) is 0.286. The number of esters is 1. The third kappa shape index (κ3) is 4.57. The minimum atomic E-state index is -1.75. The van der Waals surface area contributed by atoms with Gasteiger partial charge in [-0.05, 0) is 0 Å². The molecule has 6 nitrogen and oxygen atoms in total. The Balaban J connectivity index is 4.09. The van der Waals surface area contributed by atoms with Gasteiger partial charge >= 0.3 is 18.1 Å². The van der Waals surface area contributed by atoms with Crippen molar-refractivity contribution in [3.63, 3.8) is 0 Å². The average Bonchev–Trinajstić information content (AvgIpc) is 1.98. The molecule has 0 aromatic carbocycles. The summed E-state index contributed by atoms with van der Waals surface area (Å²) >= 11 is 0. The van der Waals surface area contributed by atoms with Crippen LogP contribution in [0.25, 0.3) is 0 Å². The summed E-state index contributed by atoms with van der Waals surface area (Å²) < 4.78 is 3.70. The Kier molecular flexibility index (Phi) is 4.21. The van der Waals surface area contributed by atoms with E-state index in [2.05, 4.69) is 11.3 Å². The van der Waals surface area contributed by atoms with E-state index in [1.54, 1.807) is 0 Å². The first-order valence-corrected chi connectivity index (χ1v) is 3.26. The summed E-state index contributed by atoms with van der Waals surface area (Å²) in [7, 11) is 0. The number of carboxylic acids is 1. The first-order chi connectivity index (χ1) is 5.97. The Morgan fingerprint density at radius 3 is 2.23 bits per heavy atom. The van der Waals surface area contributed by atoms with E-state index in [1.165, 1.54) is 0 Å². The van der Waals surface area contributed by atoms with Crippen molar-refractivity contribution in [2.75, 3.05) is 0 Å². The van der Waals surface area contributed by atoms with Gasteiger partial charge in [0.1, 0.15) is 0 Å². The van der Waals surface area contributed by atoms with Crippen molar-refractivity contribution in [1.29, 1.82) is 0 Å². The molecule has 0 aliphatic carbocycles. The minimum absolute atomic E-state index is 0.537. The van der Waals surface area contributed by atoms with Crippen LogP contribution in [0.5, 0.6) is 0 Å². The Morgan fingerprint density at radius 1 is 1.38 bits per heavy atom. The molecule has 0 radical (unpaired) electrons. The smallest absolute Gasteiger partial charge is 0.481 e. The fourth-order valence-corrected chi connectivity index (χ4v) is 0.590. The SMILES string of the molecule is C=CC(CC(=O)OC(=O)O)C(=O)O. The van der Waals surface area contributed by atoms with Crippen LogP contribution in [0.1, 0.15) is 6.42 Å². The molecule has 0 heterocycles. The first kappa shape index (κ1) is 11.2. The Morgan fingerprint density at radius 2 is 1.92 bits per heavy atom. The zero-order valence-corrected chi connectivity index (χ0v) is 6.60. The summed E-state index contributed by atoms with van der Waals surface area (Å²) in [5, 5.41) is 16.4. The van der Waals surface area contributed by atoms with Gasteiger partial charge in [-0.3, -0.25) is 9.59 Å². The van der Waals surface area contributed by atoms with E-state index in [-0.39, 0.29) is 0 Å². The molecular formula is C7H8O6. The largest absolute Gasteiger partial charge is 0.513 e.